The smallest absolute Gasteiger partial charge is 0.305 e. The minimum absolute atomic E-state index is 0.157. The SMILES string of the molecule is CN1CCCC1Cn1c(=O)[nH]c2cc(F)ccc21. The summed E-state index contributed by atoms with van der Waals surface area (Å²) in [7, 11) is 2.08. The number of imidazole rings is 1. The number of aromatic amines is 1. The lowest BCUT2D eigenvalue weighted by Crippen LogP contribution is -2.32. The molecule has 96 valence electrons. The third-order valence-electron chi connectivity index (χ3n) is 3.80. The van der Waals surface area contributed by atoms with E-state index in [2.05, 4.69) is 16.9 Å². The molecule has 1 saturated heterocycles. The fourth-order valence-electron chi connectivity index (χ4n) is 2.74. The fourth-order valence-corrected chi connectivity index (χ4v) is 2.74. The molecule has 1 aromatic heterocycles. The van der Waals surface area contributed by atoms with E-state index in [0.29, 0.717) is 18.1 Å². The van der Waals surface area contributed by atoms with Crippen LogP contribution in [-0.2, 0) is 6.54 Å². The van der Waals surface area contributed by atoms with Crippen molar-refractivity contribution in [1.82, 2.24) is 14.5 Å². The number of likely N-dealkylation sites (tertiary alicyclic amines) is 1. The number of aromatic nitrogens is 2. The number of nitrogens with one attached hydrogen (secondary N) is 1. The van der Waals surface area contributed by atoms with Gasteiger partial charge < -0.3 is 9.88 Å². The normalized spacial score (nSPS) is 20.9. The molecule has 4 nitrogen and oxygen atoms in total. The summed E-state index contributed by atoms with van der Waals surface area (Å²) < 4.78 is 14.8. The third-order valence-corrected chi connectivity index (χ3v) is 3.80. The zero-order chi connectivity index (χ0) is 12.7. The molecule has 18 heavy (non-hydrogen) atoms. The average Bonchev–Trinajstić information content (AvgIpc) is 2.85. The Morgan fingerprint density at radius 1 is 1.50 bits per heavy atom. The Morgan fingerprint density at radius 3 is 3.06 bits per heavy atom. The first-order valence-electron chi connectivity index (χ1n) is 6.23. The molecule has 1 N–H and O–H groups in total. The number of hydrogen-bond acceptors (Lipinski definition) is 2. The minimum Gasteiger partial charge on any atom is -0.305 e. The summed E-state index contributed by atoms with van der Waals surface area (Å²) in [4.78, 5) is 16.9. The van der Waals surface area contributed by atoms with E-state index in [-0.39, 0.29) is 11.5 Å². The topological polar surface area (TPSA) is 41.0 Å². The van der Waals surface area contributed by atoms with E-state index in [0.717, 1.165) is 18.5 Å². The van der Waals surface area contributed by atoms with Crippen LogP contribution in [-0.4, -0.2) is 34.1 Å². The maximum Gasteiger partial charge on any atom is 0.326 e. The van der Waals surface area contributed by atoms with Crippen LogP contribution in [0.25, 0.3) is 11.0 Å². The van der Waals surface area contributed by atoms with Crippen LogP contribution in [0.3, 0.4) is 0 Å². The molecule has 0 aliphatic carbocycles. The van der Waals surface area contributed by atoms with Crippen molar-refractivity contribution in [2.24, 2.45) is 0 Å². The molecule has 1 aromatic carbocycles. The first-order valence-corrected chi connectivity index (χ1v) is 6.23. The van der Waals surface area contributed by atoms with Crippen LogP contribution in [0.5, 0.6) is 0 Å². The first kappa shape index (κ1) is 11.5. The van der Waals surface area contributed by atoms with E-state index < -0.39 is 0 Å². The molecule has 0 amide bonds. The number of H-pyrrole nitrogens is 1. The molecule has 1 aliphatic heterocycles. The molecule has 5 heteroatoms. The highest BCUT2D eigenvalue weighted by atomic mass is 19.1. The minimum atomic E-state index is -0.325. The zero-order valence-corrected chi connectivity index (χ0v) is 10.3. The predicted molar refractivity (Wildman–Crippen MR) is 68.2 cm³/mol. The maximum atomic E-state index is 13.1. The number of benzene rings is 1. The van der Waals surface area contributed by atoms with Crippen molar-refractivity contribution in [3.8, 4) is 0 Å². The van der Waals surface area contributed by atoms with Gasteiger partial charge >= 0.3 is 5.69 Å². The van der Waals surface area contributed by atoms with Gasteiger partial charge in [0.15, 0.2) is 0 Å². The standard InChI is InChI=1S/C13H16FN3O/c1-16-6-2-3-10(16)8-17-12-5-4-9(14)7-11(12)15-13(17)18/h4-5,7,10H,2-3,6,8H2,1H3,(H,15,18). The Kier molecular flexibility index (Phi) is 2.70. The van der Waals surface area contributed by atoms with Crippen LogP contribution in [0.2, 0.25) is 0 Å². The number of halogens is 1. The molecular formula is C13H16FN3O. The zero-order valence-electron chi connectivity index (χ0n) is 10.3. The highest BCUT2D eigenvalue weighted by Crippen LogP contribution is 2.18. The molecule has 0 saturated carbocycles. The molecule has 1 unspecified atom stereocenters. The molecule has 2 aromatic rings. The van der Waals surface area contributed by atoms with Crippen molar-refractivity contribution < 1.29 is 4.39 Å². The van der Waals surface area contributed by atoms with Crippen molar-refractivity contribution in [2.45, 2.75) is 25.4 Å². The van der Waals surface area contributed by atoms with Crippen molar-refractivity contribution in [2.75, 3.05) is 13.6 Å². The summed E-state index contributed by atoms with van der Waals surface area (Å²) in [6.45, 7) is 1.75. The fraction of sp³-hybridized carbons (Fsp3) is 0.462. The average molecular weight is 249 g/mol. The van der Waals surface area contributed by atoms with E-state index >= 15 is 0 Å². The highest BCUT2D eigenvalue weighted by Gasteiger charge is 2.22. The Morgan fingerprint density at radius 2 is 2.33 bits per heavy atom. The van der Waals surface area contributed by atoms with Gasteiger partial charge in [0.1, 0.15) is 5.82 Å². The third kappa shape index (κ3) is 1.84. The molecule has 1 aliphatic rings. The second-order valence-electron chi connectivity index (χ2n) is 4.98. The largest absolute Gasteiger partial charge is 0.326 e. The van der Waals surface area contributed by atoms with Gasteiger partial charge in [-0.2, -0.15) is 0 Å². The summed E-state index contributed by atoms with van der Waals surface area (Å²) in [5.41, 5.74) is 1.19. The van der Waals surface area contributed by atoms with Crippen LogP contribution in [0.1, 0.15) is 12.8 Å². The quantitative estimate of drug-likeness (QED) is 0.877. The first-order chi connectivity index (χ1) is 8.65. The van der Waals surface area contributed by atoms with E-state index in [4.69, 9.17) is 0 Å². The summed E-state index contributed by atoms with van der Waals surface area (Å²) in [6.07, 6.45) is 2.28. The molecule has 0 bridgehead atoms. The Labute approximate surface area is 104 Å². The van der Waals surface area contributed by atoms with Crippen LogP contribution >= 0.6 is 0 Å². The lowest BCUT2D eigenvalue weighted by atomic mass is 10.2. The van der Waals surface area contributed by atoms with Gasteiger partial charge in [-0.15, -0.1) is 0 Å². The van der Waals surface area contributed by atoms with E-state index in [9.17, 15) is 9.18 Å². The summed E-state index contributed by atoms with van der Waals surface area (Å²) in [5, 5.41) is 0. The van der Waals surface area contributed by atoms with Gasteiger partial charge in [-0.3, -0.25) is 4.57 Å². The van der Waals surface area contributed by atoms with Crippen LogP contribution < -0.4 is 5.69 Å². The molecule has 3 rings (SSSR count). The van der Waals surface area contributed by atoms with E-state index in [1.54, 1.807) is 10.6 Å². The van der Waals surface area contributed by atoms with Gasteiger partial charge in [0, 0.05) is 12.6 Å². The number of rotatable bonds is 2. The van der Waals surface area contributed by atoms with Gasteiger partial charge in [0.25, 0.3) is 0 Å². The molecule has 0 radical (unpaired) electrons. The van der Waals surface area contributed by atoms with Crippen LogP contribution in [0.4, 0.5) is 4.39 Å². The molecule has 2 heterocycles. The Balaban J connectivity index is 2.01. The molecule has 0 spiro atoms. The van der Waals surface area contributed by atoms with Crippen molar-refractivity contribution in [1.29, 1.82) is 0 Å². The van der Waals surface area contributed by atoms with Gasteiger partial charge in [-0.05, 0) is 44.6 Å². The van der Waals surface area contributed by atoms with Gasteiger partial charge in [-0.1, -0.05) is 0 Å². The van der Waals surface area contributed by atoms with Gasteiger partial charge in [0.05, 0.1) is 11.0 Å². The summed E-state index contributed by atoms with van der Waals surface area (Å²) in [5.74, 6) is -0.325. The Bertz CT molecular complexity index is 631. The number of likely N-dealkylation sites (N-methyl/N-ethyl adjacent to an activating group) is 1. The van der Waals surface area contributed by atoms with Crippen LogP contribution in [0.15, 0.2) is 23.0 Å². The summed E-state index contributed by atoms with van der Waals surface area (Å²) in [6, 6.07) is 4.82. The van der Waals surface area contributed by atoms with Crippen molar-refractivity contribution in [3.63, 3.8) is 0 Å². The number of nitrogens with zero attached hydrogens (tertiary/aromatic N) is 2. The number of hydrogen-bond donors (Lipinski definition) is 1. The molecule has 1 fully saturated rings. The maximum absolute atomic E-state index is 13.1. The lowest BCUT2D eigenvalue weighted by Gasteiger charge is -2.19. The monoisotopic (exact) mass is 249 g/mol. The van der Waals surface area contributed by atoms with E-state index in [1.165, 1.54) is 18.6 Å². The van der Waals surface area contributed by atoms with Crippen molar-refractivity contribution >= 4 is 11.0 Å². The molecule has 1 atom stereocenters. The van der Waals surface area contributed by atoms with Gasteiger partial charge in [-0.25, -0.2) is 9.18 Å². The molecular weight excluding hydrogens is 233 g/mol. The predicted octanol–water partition coefficient (Wildman–Crippen LogP) is 1.56. The number of fused-ring (bicyclic) bond motifs is 1. The van der Waals surface area contributed by atoms with E-state index in [1.807, 2.05) is 0 Å². The summed E-state index contributed by atoms with van der Waals surface area (Å²) >= 11 is 0. The van der Waals surface area contributed by atoms with Crippen molar-refractivity contribution in [3.05, 3.63) is 34.5 Å². The highest BCUT2D eigenvalue weighted by molar-refractivity contribution is 5.75. The van der Waals surface area contributed by atoms with Crippen LogP contribution in [0, 0.1) is 5.82 Å². The Hall–Kier alpha value is -1.62. The van der Waals surface area contributed by atoms with Gasteiger partial charge in [0.2, 0.25) is 0 Å². The lowest BCUT2D eigenvalue weighted by molar-refractivity contribution is 0.282. The second-order valence-corrected chi connectivity index (χ2v) is 4.98. The second kappa shape index (κ2) is 4.24.